The Hall–Kier alpha value is -1.72. The molecule has 2 aromatic heterocycles. The minimum Gasteiger partial charge on any atom is -0.314 e. The summed E-state index contributed by atoms with van der Waals surface area (Å²) in [5.41, 5.74) is 4.13. The standard InChI is InChI=1S/C13H14N4S/c1-14-7-12-11-4-2-3-5-13(11)17(16-12)8-10-6-15-9-18-10/h2-6,9,14H,7-8H2,1H3. The summed E-state index contributed by atoms with van der Waals surface area (Å²) in [6.07, 6.45) is 1.90. The number of para-hydroxylation sites is 1. The van der Waals surface area contributed by atoms with Gasteiger partial charge in [0.25, 0.3) is 0 Å². The molecule has 4 nitrogen and oxygen atoms in total. The fourth-order valence-electron chi connectivity index (χ4n) is 2.08. The molecule has 0 radical (unpaired) electrons. The average molecular weight is 258 g/mol. The molecule has 0 saturated heterocycles. The Morgan fingerprint density at radius 2 is 2.22 bits per heavy atom. The number of hydrogen-bond acceptors (Lipinski definition) is 4. The van der Waals surface area contributed by atoms with E-state index in [-0.39, 0.29) is 0 Å². The molecule has 0 fully saturated rings. The maximum atomic E-state index is 4.69. The number of rotatable bonds is 4. The quantitative estimate of drug-likeness (QED) is 0.780. The van der Waals surface area contributed by atoms with Crippen molar-refractivity contribution >= 4 is 22.2 Å². The van der Waals surface area contributed by atoms with Gasteiger partial charge in [0.1, 0.15) is 0 Å². The normalized spacial score (nSPS) is 11.2. The maximum Gasteiger partial charge on any atom is 0.0841 e. The van der Waals surface area contributed by atoms with Gasteiger partial charge in [0.05, 0.1) is 23.3 Å². The van der Waals surface area contributed by atoms with Crippen LogP contribution in [0.3, 0.4) is 0 Å². The molecule has 0 aliphatic heterocycles. The average Bonchev–Trinajstić information content (AvgIpc) is 3.00. The number of fused-ring (bicyclic) bond motifs is 1. The summed E-state index contributed by atoms with van der Waals surface area (Å²) in [4.78, 5) is 5.33. The number of thiazole rings is 1. The second-order valence-corrected chi connectivity index (χ2v) is 5.09. The maximum absolute atomic E-state index is 4.69. The van der Waals surface area contributed by atoms with Gasteiger partial charge in [-0.3, -0.25) is 9.67 Å². The van der Waals surface area contributed by atoms with E-state index in [2.05, 4.69) is 44.3 Å². The zero-order chi connectivity index (χ0) is 12.4. The summed E-state index contributed by atoms with van der Waals surface area (Å²) in [6, 6.07) is 8.34. The van der Waals surface area contributed by atoms with Gasteiger partial charge in [-0.25, -0.2) is 0 Å². The Bertz CT molecular complexity index is 642. The van der Waals surface area contributed by atoms with Gasteiger partial charge in [-0.2, -0.15) is 5.10 Å². The summed E-state index contributed by atoms with van der Waals surface area (Å²) >= 11 is 1.66. The van der Waals surface area contributed by atoms with E-state index in [4.69, 9.17) is 0 Å². The number of nitrogens with zero attached hydrogens (tertiary/aromatic N) is 3. The first kappa shape index (κ1) is 11.4. The van der Waals surface area contributed by atoms with Crippen LogP contribution in [-0.4, -0.2) is 21.8 Å². The first-order valence-electron chi connectivity index (χ1n) is 5.85. The van der Waals surface area contributed by atoms with Gasteiger partial charge in [0.2, 0.25) is 0 Å². The van der Waals surface area contributed by atoms with Gasteiger partial charge in [-0.05, 0) is 13.1 Å². The van der Waals surface area contributed by atoms with E-state index < -0.39 is 0 Å². The molecule has 0 aliphatic rings. The van der Waals surface area contributed by atoms with E-state index in [1.807, 2.05) is 18.8 Å². The van der Waals surface area contributed by atoms with Crippen LogP contribution in [0.25, 0.3) is 10.9 Å². The topological polar surface area (TPSA) is 42.7 Å². The van der Waals surface area contributed by atoms with E-state index in [1.165, 1.54) is 15.8 Å². The van der Waals surface area contributed by atoms with Crippen LogP contribution in [0.15, 0.2) is 36.0 Å². The van der Waals surface area contributed by atoms with Crippen molar-refractivity contribution in [3.63, 3.8) is 0 Å². The molecule has 0 saturated carbocycles. The van der Waals surface area contributed by atoms with Gasteiger partial charge >= 0.3 is 0 Å². The minimum atomic E-state index is 0.787. The SMILES string of the molecule is CNCc1nn(Cc2cncs2)c2ccccc12. The zero-order valence-electron chi connectivity index (χ0n) is 10.1. The fourth-order valence-corrected chi connectivity index (χ4v) is 2.66. The molecule has 3 rings (SSSR count). The van der Waals surface area contributed by atoms with Crippen molar-refractivity contribution in [3.8, 4) is 0 Å². The highest BCUT2D eigenvalue weighted by Gasteiger charge is 2.09. The lowest BCUT2D eigenvalue weighted by Gasteiger charge is -1.99. The van der Waals surface area contributed by atoms with Gasteiger partial charge < -0.3 is 5.32 Å². The molecule has 18 heavy (non-hydrogen) atoms. The van der Waals surface area contributed by atoms with Gasteiger partial charge in [0, 0.05) is 23.0 Å². The molecule has 0 unspecified atom stereocenters. The van der Waals surface area contributed by atoms with E-state index in [1.54, 1.807) is 11.3 Å². The molecule has 3 aromatic rings. The molecule has 1 N–H and O–H groups in total. The first-order valence-corrected chi connectivity index (χ1v) is 6.73. The van der Waals surface area contributed by atoms with E-state index >= 15 is 0 Å². The number of benzene rings is 1. The summed E-state index contributed by atoms with van der Waals surface area (Å²) < 4.78 is 2.05. The monoisotopic (exact) mass is 258 g/mol. The Morgan fingerprint density at radius 3 is 3.00 bits per heavy atom. The molecule has 5 heteroatoms. The zero-order valence-corrected chi connectivity index (χ0v) is 10.9. The van der Waals surface area contributed by atoms with Crippen LogP contribution in [0.2, 0.25) is 0 Å². The number of aromatic nitrogens is 3. The molecule has 2 heterocycles. The Balaban J connectivity index is 2.05. The van der Waals surface area contributed by atoms with Crippen molar-refractivity contribution in [2.24, 2.45) is 0 Å². The predicted molar refractivity (Wildman–Crippen MR) is 73.7 cm³/mol. The molecule has 0 spiro atoms. The van der Waals surface area contributed by atoms with Gasteiger partial charge in [-0.15, -0.1) is 11.3 Å². The van der Waals surface area contributed by atoms with Crippen LogP contribution in [-0.2, 0) is 13.1 Å². The minimum absolute atomic E-state index is 0.787. The second kappa shape index (κ2) is 4.88. The van der Waals surface area contributed by atoms with Crippen molar-refractivity contribution in [2.75, 3.05) is 7.05 Å². The predicted octanol–water partition coefficient (Wildman–Crippen LogP) is 2.26. The van der Waals surface area contributed by atoms with Crippen molar-refractivity contribution in [1.29, 1.82) is 0 Å². The molecule has 0 aliphatic carbocycles. The van der Waals surface area contributed by atoms with Crippen LogP contribution in [0.4, 0.5) is 0 Å². The number of hydrogen-bond donors (Lipinski definition) is 1. The fraction of sp³-hybridized carbons (Fsp3) is 0.231. The highest BCUT2D eigenvalue weighted by Crippen LogP contribution is 2.20. The molecular weight excluding hydrogens is 244 g/mol. The summed E-state index contributed by atoms with van der Waals surface area (Å²) in [5, 5.41) is 9.07. The third kappa shape index (κ3) is 2.02. The van der Waals surface area contributed by atoms with Crippen LogP contribution in [0.1, 0.15) is 10.6 Å². The lowest BCUT2D eigenvalue weighted by Crippen LogP contribution is -2.07. The van der Waals surface area contributed by atoms with Crippen LogP contribution in [0, 0.1) is 0 Å². The lowest BCUT2D eigenvalue weighted by atomic mass is 10.2. The molecule has 0 bridgehead atoms. The summed E-state index contributed by atoms with van der Waals surface area (Å²) in [7, 11) is 1.94. The van der Waals surface area contributed by atoms with Crippen LogP contribution < -0.4 is 5.32 Å². The van der Waals surface area contributed by atoms with Gasteiger partial charge in [0.15, 0.2) is 0 Å². The second-order valence-electron chi connectivity index (χ2n) is 4.12. The van der Waals surface area contributed by atoms with Crippen molar-refractivity contribution in [3.05, 3.63) is 46.5 Å². The third-order valence-electron chi connectivity index (χ3n) is 2.87. The molecular formula is C13H14N4S. The van der Waals surface area contributed by atoms with Crippen molar-refractivity contribution < 1.29 is 0 Å². The summed E-state index contributed by atoms with van der Waals surface area (Å²) in [5.74, 6) is 0. The Labute approximate surface area is 109 Å². The molecule has 1 aromatic carbocycles. The van der Waals surface area contributed by atoms with Gasteiger partial charge in [-0.1, -0.05) is 18.2 Å². The highest BCUT2D eigenvalue weighted by atomic mass is 32.1. The van der Waals surface area contributed by atoms with E-state index in [9.17, 15) is 0 Å². The lowest BCUT2D eigenvalue weighted by molar-refractivity contribution is 0.682. The first-order chi connectivity index (χ1) is 8.88. The van der Waals surface area contributed by atoms with E-state index in [0.29, 0.717) is 0 Å². The summed E-state index contributed by atoms with van der Waals surface area (Å²) in [6.45, 7) is 1.57. The Morgan fingerprint density at radius 1 is 1.33 bits per heavy atom. The van der Waals surface area contributed by atoms with Crippen molar-refractivity contribution in [2.45, 2.75) is 13.1 Å². The Kier molecular flexibility index (Phi) is 3.08. The highest BCUT2D eigenvalue weighted by molar-refractivity contribution is 7.09. The molecule has 92 valence electrons. The van der Waals surface area contributed by atoms with Crippen LogP contribution >= 0.6 is 11.3 Å². The third-order valence-corrected chi connectivity index (χ3v) is 3.63. The van der Waals surface area contributed by atoms with Crippen molar-refractivity contribution in [1.82, 2.24) is 20.1 Å². The largest absolute Gasteiger partial charge is 0.314 e. The molecule has 0 amide bonds. The van der Waals surface area contributed by atoms with Crippen LogP contribution in [0.5, 0.6) is 0 Å². The smallest absolute Gasteiger partial charge is 0.0841 e. The number of nitrogens with one attached hydrogen (secondary N) is 1. The van der Waals surface area contributed by atoms with E-state index in [0.717, 1.165) is 18.8 Å². The molecule has 0 atom stereocenters.